The van der Waals surface area contributed by atoms with Gasteiger partial charge in [-0.25, -0.2) is 4.39 Å². The summed E-state index contributed by atoms with van der Waals surface area (Å²) >= 11 is 0. The molecule has 3 aromatic rings. The number of piperidine rings is 1. The van der Waals surface area contributed by atoms with Gasteiger partial charge in [0.05, 0.1) is 5.41 Å². The van der Waals surface area contributed by atoms with Crippen LogP contribution in [0, 0.1) is 11.2 Å². The number of nitrogens with zero attached hydrogens (tertiary/aromatic N) is 1. The van der Waals surface area contributed by atoms with Crippen molar-refractivity contribution in [3.05, 3.63) is 107 Å². The quantitative estimate of drug-likeness (QED) is 0.478. The van der Waals surface area contributed by atoms with Gasteiger partial charge in [0.25, 0.3) is 0 Å². The predicted molar refractivity (Wildman–Crippen MR) is 136 cm³/mol. The number of nitrogens with one attached hydrogen (secondary N) is 1. The van der Waals surface area contributed by atoms with Crippen LogP contribution < -0.4 is 5.32 Å². The molecule has 0 aromatic heterocycles. The topological polar surface area (TPSA) is 49.4 Å². The summed E-state index contributed by atoms with van der Waals surface area (Å²) in [6.07, 6.45) is 3.69. The van der Waals surface area contributed by atoms with Crippen molar-refractivity contribution in [2.75, 3.05) is 19.6 Å². The summed E-state index contributed by atoms with van der Waals surface area (Å²) < 4.78 is 13.5. The summed E-state index contributed by atoms with van der Waals surface area (Å²) in [6, 6.07) is 26.5. The van der Waals surface area contributed by atoms with Gasteiger partial charge in [0.2, 0.25) is 11.8 Å². The monoisotopic (exact) mass is 472 g/mol. The van der Waals surface area contributed by atoms with E-state index in [4.69, 9.17) is 0 Å². The normalized spacial score (nSPS) is 14.9. The third-order valence-electron chi connectivity index (χ3n) is 7.02. The van der Waals surface area contributed by atoms with Gasteiger partial charge in [0.1, 0.15) is 5.82 Å². The number of benzene rings is 3. The van der Waals surface area contributed by atoms with E-state index in [0.717, 1.165) is 24.0 Å². The Labute approximate surface area is 207 Å². The number of amides is 2. The zero-order valence-electron chi connectivity index (χ0n) is 20.1. The molecule has 0 spiro atoms. The molecule has 182 valence electrons. The van der Waals surface area contributed by atoms with E-state index >= 15 is 0 Å². The number of rotatable bonds is 9. The van der Waals surface area contributed by atoms with Crippen molar-refractivity contribution >= 4 is 11.8 Å². The van der Waals surface area contributed by atoms with E-state index < -0.39 is 5.41 Å². The molecule has 4 nitrogen and oxygen atoms in total. The lowest BCUT2D eigenvalue weighted by Crippen LogP contribution is -2.51. The molecule has 1 saturated heterocycles. The van der Waals surface area contributed by atoms with E-state index in [1.54, 1.807) is 12.1 Å². The van der Waals surface area contributed by atoms with Crippen LogP contribution in [-0.2, 0) is 28.9 Å². The molecule has 5 heteroatoms. The molecule has 2 amide bonds. The van der Waals surface area contributed by atoms with Gasteiger partial charge >= 0.3 is 0 Å². The van der Waals surface area contributed by atoms with Gasteiger partial charge in [-0.05, 0) is 60.9 Å². The minimum absolute atomic E-state index is 0.0224. The Morgan fingerprint density at radius 3 is 1.94 bits per heavy atom. The van der Waals surface area contributed by atoms with Crippen molar-refractivity contribution in [1.82, 2.24) is 10.2 Å². The van der Waals surface area contributed by atoms with Crippen molar-refractivity contribution in [3.63, 3.8) is 0 Å². The second-order valence-electron chi connectivity index (χ2n) is 9.44. The van der Waals surface area contributed by atoms with E-state index in [1.807, 2.05) is 53.4 Å². The smallest absolute Gasteiger partial charge is 0.226 e. The first-order valence-electron chi connectivity index (χ1n) is 12.4. The number of hydrogen-bond donors (Lipinski definition) is 1. The van der Waals surface area contributed by atoms with Gasteiger partial charge in [0, 0.05) is 26.1 Å². The third-order valence-corrected chi connectivity index (χ3v) is 7.02. The van der Waals surface area contributed by atoms with Crippen LogP contribution in [0.3, 0.4) is 0 Å². The molecule has 0 aliphatic carbocycles. The third kappa shape index (κ3) is 6.78. The first-order valence-corrected chi connectivity index (χ1v) is 12.4. The summed E-state index contributed by atoms with van der Waals surface area (Å²) in [5.74, 6) is -0.128. The molecule has 3 aromatic carbocycles. The van der Waals surface area contributed by atoms with Crippen LogP contribution in [0.1, 0.15) is 36.0 Å². The number of carbonyl (C=O) groups excluding carboxylic acids is 2. The van der Waals surface area contributed by atoms with E-state index in [1.165, 1.54) is 17.7 Å². The Kier molecular flexibility index (Phi) is 8.30. The Balaban J connectivity index is 1.38. The highest BCUT2D eigenvalue weighted by Crippen LogP contribution is 2.36. The minimum Gasteiger partial charge on any atom is -0.355 e. The van der Waals surface area contributed by atoms with Crippen molar-refractivity contribution < 1.29 is 14.0 Å². The molecule has 0 saturated carbocycles. The lowest BCUT2D eigenvalue weighted by atomic mass is 9.72. The van der Waals surface area contributed by atoms with Crippen molar-refractivity contribution in [3.8, 4) is 0 Å². The molecule has 35 heavy (non-hydrogen) atoms. The number of hydrogen-bond acceptors (Lipinski definition) is 2. The maximum atomic E-state index is 13.5. The van der Waals surface area contributed by atoms with Gasteiger partial charge in [0.15, 0.2) is 0 Å². The Morgan fingerprint density at radius 2 is 1.34 bits per heavy atom. The summed E-state index contributed by atoms with van der Waals surface area (Å²) in [5, 5.41) is 3.15. The number of aryl methyl sites for hydroxylation is 1. The van der Waals surface area contributed by atoms with Gasteiger partial charge in [-0.15, -0.1) is 0 Å². The molecule has 0 bridgehead atoms. The fourth-order valence-electron chi connectivity index (χ4n) is 4.87. The highest BCUT2D eigenvalue weighted by atomic mass is 19.1. The second kappa shape index (κ2) is 11.8. The Morgan fingerprint density at radius 1 is 0.771 bits per heavy atom. The Bertz CT molecular complexity index is 1090. The lowest BCUT2D eigenvalue weighted by Gasteiger charge is -2.41. The van der Waals surface area contributed by atoms with Gasteiger partial charge < -0.3 is 10.2 Å². The standard InChI is InChI=1S/C30H33FN2O2/c31-27-14-11-26(12-15-27)23-30(29(35)32-20-17-25-9-5-2-6-10-25)18-21-33(22-19-30)28(34)16-13-24-7-3-1-4-8-24/h1-12,14-15H,13,16-23H2,(H,32,35). The molecule has 0 radical (unpaired) electrons. The van der Waals surface area contributed by atoms with Gasteiger partial charge in [-0.2, -0.15) is 0 Å². The maximum absolute atomic E-state index is 13.5. The van der Waals surface area contributed by atoms with E-state index in [0.29, 0.717) is 45.3 Å². The highest BCUT2D eigenvalue weighted by molar-refractivity contribution is 5.84. The van der Waals surface area contributed by atoms with Crippen molar-refractivity contribution in [1.29, 1.82) is 0 Å². The van der Waals surface area contributed by atoms with E-state index in [9.17, 15) is 14.0 Å². The van der Waals surface area contributed by atoms with Crippen LogP contribution in [-0.4, -0.2) is 36.3 Å². The largest absolute Gasteiger partial charge is 0.355 e. The van der Waals surface area contributed by atoms with Crippen LogP contribution >= 0.6 is 0 Å². The molecule has 1 fully saturated rings. The zero-order chi connectivity index (χ0) is 24.5. The molecule has 0 unspecified atom stereocenters. The fourth-order valence-corrected chi connectivity index (χ4v) is 4.87. The number of likely N-dealkylation sites (tertiary alicyclic amines) is 1. The van der Waals surface area contributed by atoms with Crippen LogP contribution in [0.15, 0.2) is 84.9 Å². The van der Waals surface area contributed by atoms with Crippen LogP contribution in [0.5, 0.6) is 0 Å². The first kappa shape index (κ1) is 24.6. The average Bonchev–Trinajstić information content (AvgIpc) is 2.90. The molecule has 0 atom stereocenters. The Hall–Kier alpha value is -3.47. The van der Waals surface area contributed by atoms with Gasteiger partial charge in [-0.1, -0.05) is 72.8 Å². The lowest BCUT2D eigenvalue weighted by molar-refractivity contribution is -0.140. The number of carbonyl (C=O) groups is 2. The minimum atomic E-state index is -0.606. The summed E-state index contributed by atoms with van der Waals surface area (Å²) in [6.45, 7) is 1.68. The average molecular weight is 473 g/mol. The molecule has 1 aliphatic heterocycles. The van der Waals surface area contributed by atoms with Crippen LogP contribution in [0.25, 0.3) is 0 Å². The first-order chi connectivity index (χ1) is 17.0. The van der Waals surface area contributed by atoms with Crippen LogP contribution in [0.4, 0.5) is 4.39 Å². The molecule has 4 rings (SSSR count). The second-order valence-corrected chi connectivity index (χ2v) is 9.44. The summed E-state index contributed by atoms with van der Waals surface area (Å²) in [5.41, 5.74) is 2.67. The van der Waals surface area contributed by atoms with E-state index in [-0.39, 0.29) is 17.6 Å². The SMILES string of the molecule is O=C(CCc1ccccc1)N1CCC(Cc2ccc(F)cc2)(C(=O)NCCc2ccccc2)CC1. The molecule has 1 aliphatic rings. The van der Waals surface area contributed by atoms with E-state index in [2.05, 4.69) is 17.4 Å². The molecular weight excluding hydrogens is 439 g/mol. The molecule has 1 N–H and O–H groups in total. The highest BCUT2D eigenvalue weighted by Gasteiger charge is 2.42. The van der Waals surface area contributed by atoms with Gasteiger partial charge in [-0.3, -0.25) is 9.59 Å². The molecular formula is C30H33FN2O2. The van der Waals surface area contributed by atoms with Crippen LogP contribution in [0.2, 0.25) is 0 Å². The zero-order valence-corrected chi connectivity index (χ0v) is 20.1. The molecule has 1 heterocycles. The predicted octanol–water partition coefficient (Wildman–Crippen LogP) is 4.97. The number of halogens is 1. The summed E-state index contributed by atoms with van der Waals surface area (Å²) in [4.78, 5) is 28.2. The summed E-state index contributed by atoms with van der Waals surface area (Å²) in [7, 11) is 0. The van der Waals surface area contributed by atoms with Crippen molar-refractivity contribution in [2.45, 2.75) is 38.5 Å². The maximum Gasteiger partial charge on any atom is 0.226 e. The fraction of sp³-hybridized carbons (Fsp3) is 0.333. The van der Waals surface area contributed by atoms with Crippen molar-refractivity contribution in [2.24, 2.45) is 5.41 Å².